The predicted octanol–water partition coefficient (Wildman–Crippen LogP) is 5.54. The molecule has 9 nitrogen and oxygen atoms in total. The number of methoxy groups -OCH3 is 2. The Hall–Kier alpha value is -2.63. The molecule has 1 amide bonds. The van der Waals surface area contributed by atoms with Crippen molar-refractivity contribution in [1.29, 1.82) is 0 Å². The Kier molecular flexibility index (Phi) is 11.8. The van der Waals surface area contributed by atoms with E-state index >= 15 is 0 Å². The largest absolute Gasteiger partial charge is 0.487 e. The van der Waals surface area contributed by atoms with Crippen molar-refractivity contribution < 1.29 is 32.2 Å². The van der Waals surface area contributed by atoms with Crippen molar-refractivity contribution in [3.05, 3.63) is 64.7 Å². The Morgan fingerprint density at radius 3 is 2.69 bits per heavy atom. The molecular formula is C34H45ClN2O7S. The monoisotopic (exact) mass is 660 g/mol. The zero-order valence-electron chi connectivity index (χ0n) is 26.2. The summed E-state index contributed by atoms with van der Waals surface area (Å²) < 4.78 is 52.7. The van der Waals surface area contributed by atoms with Crippen molar-refractivity contribution in [3.63, 3.8) is 0 Å². The lowest BCUT2D eigenvalue weighted by atomic mass is 9.70. The van der Waals surface area contributed by atoms with E-state index in [9.17, 15) is 13.2 Å². The fraction of sp³-hybridized carbons (Fsp3) is 0.559. The number of fused-ring (bicyclic) bond motifs is 3. The van der Waals surface area contributed by atoms with Gasteiger partial charge in [-0.3, -0.25) is 4.79 Å². The van der Waals surface area contributed by atoms with Crippen molar-refractivity contribution in [3.8, 4) is 5.75 Å². The van der Waals surface area contributed by atoms with E-state index in [1.165, 1.54) is 11.6 Å². The molecule has 2 bridgehead atoms. The maximum atomic E-state index is 13.7. The van der Waals surface area contributed by atoms with Gasteiger partial charge in [-0.05, 0) is 98.2 Å². The minimum atomic E-state index is -4.16. The van der Waals surface area contributed by atoms with Crippen molar-refractivity contribution >= 4 is 33.2 Å². The summed E-state index contributed by atoms with van der Waals surface area (Å²) in [4.78, 5) is 15.7. The molecule has 1 fully saturated rings. The van der Waals surface area contributed by atoms with Crippen molar-refractivity contribution in [2.24, 2.45) is 17.8 Å². The molecule has 2 aliphatic heterocycles. The molecule has 0 aromatic heterocycles. The number of allylic oxidation sites excluding steroid dienone is 1. The van der Waals surface area contributed by atoms with Crippen LogP contribution >= 0.6 is 11.6 Å². The Morgan fingerprint density at radius 2 is 1.91 bits per heavy atom. The maximum absolute atomic E-state index is 13.7. The third kappa shape index (κ3) is 8.60. The minimum absolute atomic E-state index is 0.0243. The molecule has 3 aliphatic rings. The van der Waals surface area contributed by atoms with Gasteiger partial charge in [0, 0.05) is 32.3 Å². The molecule has 45 heavy (non-hydrogen) atoms. The summed E-state index contributed by atoms with van der Waals surface area (Å²) in [5, 5.41) is 0.702. The number of anilines is 1. The Bertz CT molecular complexity index is 1450. The van der Waals surface area contributed by atoms with Crippen molar-refractivity contribution in [2.45, 2.75) is 62.6 Å². The first-order valence-electron chi connectivity index (χ1n) is 15.9. The molecule has 0 unspecified atom stereocenters. The number of nitrogens with one attached hydrogen (secondary N) is 1. The van der Waals surface area contributed by atoms with Crippen LogP contribution in [0.3, 0.4) is 0 Å². The topological polar surface area (TPSA) is 103 Å². The standard InChI is InChI=1S/C34H45ClN2O7S/c1-41-17-18-43-22-27-8-3-4-9-32(42-2)30-14-11-25(30)21-37-16-6-5-7-24-19-28(35)12-10-26(24)23-44-33-15-13-29(20-31(33)37)45(39,40)36-34(27)38/h4,9-10,12-13,15,19-20,25,27,30,32H,3,5-8,11,14,16-18,21-23H2,1-2H3,(H,36,38)/b9-4+/t25-,27-,30+,32+/m0/s1. The molecule has 0 spiro atoms. The second-order valence-electron chi connectivity index (χ2n) is 12.2. The van der Waals surface area contributed by atoms with E-state index in [2.05, 4.69) is 15.7 Å². The second-order valence-corrected chi connectivity index (χ2v) is 14.3. The van der Waals surface area contributed by atoms with Gasteiger partial charge in [-0.2, -0.15) is 0 Å². The number of sulfonamides is 1. The van der Waals surface area contributed by atoms with Gasteiger partial charge >= 0.3 is 0 Å². The number of rotatable bonds is 6. The van der Waals surface area contributed by atoms with Gasteiger partial charge in [0.25, 0.3) is 10.0 Å². The van der Waals surface area contributed by atoms with E-state index in [0.29, 0.717) is 61.0 Å². The van der Waals surface area contributed by atoms with Crippen LogP contribution in [0.5, 0.6) is 5.75 Å². The van der Waals surface area contributed by atoms with E-state index in [1.54, 1.807) is 26.4 Å². The van der Waals surface area contributed by atoms with Gasteiger partial charge in [-0.15, -0.1) is 0 Å². The molecule has 11 heteroatoms. The van der Waals surface area contributed by atoms with Crippen LogP contribution in [0.1, 0.15) is 49.7 Å². The van der Waals surface area contributed by atoms with Crippen LogP contribution in [0.2, 0.25) is 5.02 Å². The third-order valence-corrected chi connectivity index (χ3v) is 10.8. The summed E-state index contributed by atoms with van der Waals surface area (Å²) in [5.41, 5.74) is 2.94. The molecule has 1 saturated carbocycles. The highest BCUT2D eigenvalue weighted by atomic mass is 35.5. The van der Waals surface area contributed by atoms with Crippen LogP contribution in [-0.4, -0.2) is 67.6 Å². The van der Waals surface area contributed by atoms with Crippen LogP contribution < -0.4 is 14.4 Å². The van der Waals surface area contributed by atoms with Crippen LogP contribution in [0, 0.1) is 17.8 Å². The number of halogens is 1. The van der Waals surface area contributed by atoms with Gasteiger partial charge in [0.05, 0.1) is 42.4 Å². The number of benzene rings is 2. The van der Waals surface area contributed by atoms with Crippen LogP contribution in [0.15, 0.2) is 53.4 Å². The normalized spacial score (nSPS) is 26.2. The molecule has 0 saturated heterocycles. The summed E-state index contributed by atoms with van der Waals surface area (Å²) >= 11 is 6.33. The number of amides is 1. The molecule has 1 aliphatic carbocycles. The second kappa shape index (κ2) is 15.8. The fourth-order valence-corrected chi connectivity index (χ4v) is 7.74. The van der Waals surface area contributed by atoms with E-state index in [1.807, 2.05) is 24.3 Å². The van der Waals surface area contributed by atoms with Crippen LogP contribution in [0.25, 0.3) is 0 Å². The average Bonchev–Trinajstić information content (AvgIpc) is 3.04. The van der Waals surface area contributed by atoms with Gasteiger partial charge in [0.15, 0.2) is 0 Å². The zero-order chi connectivity index (χ0) is 31.8. The van der Waals surface area contributed by atoms with Crippen LogP contribution in [-0.2, 0) is 42.1 Å². The number of carbonyl (C=O) groups excluding carboxylic acids is 1. The smallest absolute Gasteiger partial charge is 0.264 e. The Morgan fingerprint density at radius 1 is 1.04 bits per heavy atom. The van der Waals surface area contributed by atoms with Crippen molar-refractivity contribution in [2.75, 3.05) is 52.0 Å². The summed E-state index contributed by atoms with van der Waals surface area (Å²) in [5.74, 6) is 0.0862. The van der Waals surface area contributed by atoms with Gasteiger partial charge in [-0.1, -0.05) is 29.8 Å². The van der Waals surface area contributed by atoms with Gasteiger partial charge < -0.3 is 23.8 Å². The summed E-state index contributed by atoms with van der Waals surface area (Å²) in [6, 6.07) is 10.8. The molecule has 2 aromatic rings. The van der Waals surface area contributed by atoms with Crippen molar-refractivity contribution in [1.82, 2.24) is 4.72 Å². The molecule has 5 rings (SSSR count). The number of ether oxygens (including phenoxy) is 4. The summed E-state index contributed by atoms with van der Waals surface area (Å²) in [6.07, 6.45) is 10.0. The lowest BCUT2D eigenvalue weighted by Crippen LogP contribution is -2.44. The highest BCUT2D eigenvalue weighted by Crippen LogP contribution is 2.42. The summed E-state index contributed by atoms with van der Waals surface area (Å²) in [6.45, 7) is 2.62. The molecule has 2 aromatic carbocycles. The molecular weight excluding hydrogens is 616 g/mol. The lowest BCUT2D eigenvalue weighted by Gasteiger charge is -2.43. The highest BCUT2D eigenvalue weighted by molar-refractivity contribution is 7.90. The molecule has 2 heterocycles. The number of aryl methyl sites for hydroxylation is 1. The first-order valence-corrected chi connectivity index (χ1v) is 17.8. The Labute approximate surface area is 272 Å². The molecule has 4 atom stereocenters. The quantitative estimate of drug-likeness (QED) is 0.319. The maximum Gasteiger partial charge on any atom is 0.264 e. The van der Waals surface area contributed by atoms with E-state index < -0.39 is 21.8 Å². The van der Waals surface area contributed by atoms with Crippen LogP contribution in [0.4, 0.5) is 5.69 Å². The average molecular weight is 661 g/mol. The van der Waals surface area contributed by atoms with Gasteiger partial charge in [-0.25, -0.2) is 13.1 Å². The number of hydrogen-bond acceptors (Lipinski definition) is 8. The predicted molar refractivity (Wildman–Crippen MR) is 174 cm³/mol. The SMILES string of the molecule is COCCOC[C@@H]1CC/C=C/[C@@H](OC)[C@@H]2CC[C@H]2CN2CCCCc3cc(Cl)ccc3COc3ccc(cc32)S(=O)(=O)NC1=O. The fourth-order valence-electron chi connectivity index (χ4n) is 6.48. The van der Waals surface area contributed by atoms with Gasteiger partial charge in [0.1, 0.15) is 12.4 Å². The first kappa shape index (κ1) is 33.7. The summed E-state index contributed by atoms with van der Waals surface area (Å²) in [7, 11) is -0.838. The number of carbonyl (C=O) groups is 1. The van der Waals surface area contributed by atoms with E-state index in [0.717, 1.165) is 50.8 Å². The lowest BCUT2D eigenvalue weighted by molar-refractivity contribution is -0.125. The third-order valence-electron chi connectivity index (χ3n) is 9.25. The minimum Gasteiger partial charge on any atom is -0.487 e. The molecule has 1 N–H and O–H groups in total. The number of hydrogen-bond donors (Lipinski definition) is 1. The first-order chi connectivity index (χ1) is 21.8. The van der Waals surface area contributed by atoms with E-state index in [4.69, 9.17) is 30.5 Å². The zero-order valence-corrected chi connectivity index (χ0v) is 27.8. The molecule has 0 radical (unpaired) electrons. The molecule has 246 valence electrons. The highest BCUT2D eigenvalue weighted by Gasteiger charge is 2.38. The Balaban J connectivity index is 1.51. The number of nitrogens with zero attached hydrogens (tertiary/aromatic N) is 1. The van der Waals surface area contributed by atoms with E-state index in [-0.39, 0.29) is 17.6 Å². The van der Waals surface area contributed by atoms with Gasteiger partial charge in [0.2, 0.25) is 5.91 Å².